The van der Waals surface area contributed by atoms with Crippen molar-refractivity contribution in [1.29, 1.82) is 0 Å². The van der Waals surface area contributed by atoms with Crippen LogP contribution < -0.4 is 10.6 Å². The maximum Gasteiger partial charge on any atom is 0.257 e. The molecule has 1 aromatic carbocycles. The lowest BCUT2D eigenvalue weighted by molar-refractivity contribution is -0.126. The van der Waals surface area contributed by atoms with Crippen molar-refractivity contribution in [3.8, 4) is 0 Å². The number of benzene rings is 1. The highest BCUT2D eigenvalue weighted by Gasteiger charge is 2.37. The van der Waals surface area contributed by atoms with E-state index in [9.17, 15) is 18.8 Å². The second-order valence-corrected chi connectivity index (χ2v) is 10.5. The molecule has 200 valence electrons. The summed E-state index contributed by atoms with van der Waals surface area (Å²) in [4.78, 5) is 43.1. The molecule has 0 aliphatic carbocycles. The molecular formula is C27H37FN6O3. The molecule has 2 atom stereocenters. The molecule has 2 aromatic rings. The van der Waals surface area contributed by atoms with Crippen molar-refractivity contribution in [3.63, 3.8) is 0 Å². The minimum atomic E-state index is -0.650. The molecule has 3 amide bonds. The van der Waals surface area contributed by atoms with Crippen LogP contribution in [0.3, 0.4) is 0 Å². The smallest absolute Gasteiger partial charge is 0.257 e. The number of aryl methyl sites for hydroxylation is 2. The number of fused-ring (bicyclic) bond motifs is 3. The lowest BCUT2D eigenvalue weighted by Crippen LogP contribution is -2.53. The summed E-state index contributed by atoms with van der Waals surface area (Å²) in [5, 5.41) is 10.3. The van der Waals surface area contributed by atoms with Crippen LogP contribution in [0.4, 0.5) is 4.39 Å². The van der Waals surface area contributed by atoms with Crippen molar-refractivity contribution in [2.75, 3.05) is 26.2 Å². The molecule has 10 heteroatoms. The maximum atomic E-state index is 14.7. The van der Waals surface area contributed by atoms with Crippen molar-refractivity contribution >= 4 is 17.7 Å². The number of carbonyl (C=O) groups is 3. The highest BCUT2D eigenvalue weighted by Crippen LogP contribution is 2.23. The van der Waals surface area contributed by atoms with Crippen molar-refractivity contribution in [2.45, 2.75) is 58.2 Å². The first kappa shape index (κ1) is 26.8. The summed E-state index contributed by atoms with van der Waals surface area (Å²) in [7, 11) is 1.85. The van der Waals surface area contributed by atoms with Gasteiger partial charge in [0.05, 0.1) is 18.3 Å². The van der Waals surface area contributed by atoms with E-state index in [2.05, 4.69) is 15.7 Å². The van der Waals surface area contributed by atoms with Crippen LogP contribution in [-0.4, -0.2) is 75.6 Å². The number of hydrogen-bond donors (Lipinski definition) is 2. The highest BCUT2D eigenvalue weighted by molar-refractivity contribution is 5.98. The summed E-state index contributed by atoms with van der Waals surface area (Å²) in [5.41, 5.74) is 1.79. The number of halogens is 1. The summed E-state index contributed by atoms with van der Waals surface area (Å²) in [5.74, 6) is -1.29. The molecule has 0 saturated carbocycles. The van der Waals surface area contributed by atoms with E-state index in [1.54, 1.807) is 23.0 Å². The SMILES string of the molecule is CC(C)[C@@H]1CN(Cc2cnn(C)c2)CC(=O)NCCCc2ccc(F)c(c2)C(=O)N2CCC[C@H]2C(=O)N1. The fourth-order valence-corrected chi connectivity index (χ4v) is 5.09. The van der Waals surface area contributed by atoms with E-state index in [0.29, 0.717) is 51.9 Å². The zero-order valence-electron chi connectivity index (χ0n) is 21.9. The first-order valence-corrected chi connectivity index (χ1v) is 13.1. The number of nitrogens with zero attached hydrogens (tertiary/aromatic N) is 4. The number of nitrogens with one attached hydrogen (secondary N) is 2. The van der Waals surface area contributed by atoms with Gasteiger partial charge in [0.1, 0.15) is 11.9 Å². The Morgan fingerprint density at radius 3 is 2.73 bits per heavy atom. The maximum absolute atomic E-state index is 14.7. The molecule has 3 heterocycles. The summed E-state index contributed by atoms with van der Waals surface area (Å²) in [6, 6.07) is 3.66. The predicted molar refractivity (Wildman–Crippen MR) is 137 cm³/mol. The van der Waals surface area contributed by atoms with Gasteiger partial charge in [-0.15, -0.1) is 0 Å². The van der Waals surface area contributed by atoms with E-state index >= 15 is 0 Å². The Hall–Kier alpha value is -3.27. The quantitative estimate of drug-likeness (QED) is 0.654. The van der Waals surface area contributed by atoms with Crippen molar-refractivity contribution in [1.82, 2.24) is 30.2 Å². The van der Waals surface area contributed by atoms with Crippen LogP contribution in [0.1, 0.15) is 54.6 Å². The molecule has 2 N–H and O–H groups in total. The van der Waals surface area contributed by atoms with Gasteiger partial charge in [-0.25, -0.2) is 4.39 Å². The first-order valence-electron chi connectivity index (χ1n) is 13.1. The third-order valence-electron chi connectivity index (χ3n) is 7.16. The van der Waals surface area contributed by atoms with Gasteiger partial charge < -0.3 is 15.5 Å². The Balaban J connectivity index is 1.61. The van der Waals surface area contributed by atoms with Gasteiger partial charge in [0, 0.05) is 51.0 Å². The minimum Gasteiger partial charge on any atom is -0.355 e. The molecule has 4 rings (SSSR count). The van der Waals surface area contributed by atoms with E-state index in [1.165, 1.54) is 11.0 Å². The van der Waals surface area contributed by atoms with Crippen molar-refractivity contribution in [3.05, 3.63) is 53.1 Å². The van der Waals surface area contributed by atoms with E-state index in [4.69, 9.17) is 0 Å². The molecule has 9 nitrogen and oxygen atoms in total. The fraction of sp³-hybridized carbons (Fsp3) is 0.556. The molecule has 0 spiro atoms. The Labute approximate surface area is 217 Å². The predicted octanol–water partition coefficient (Wildman–Crippen LogP) is 1.87. The Morgan fingerprint density at radius 1 is 1.19 bits per heavy atom. The molecule has 1 saturated heterocycles. The zero-order chi connectivity index (χ0) is 26.5. The lowest BCUT2D eigenvalue weighted by Gasteiger charge is -2.32. The van der Waals surface area contributed by atoms with Gasteiger partial charge in [0.25, 0.3) is 5.91 Å². The lowest BCUT2D eigenvalue weighted by atomic mass is 10.0. The third-order valence-corrected chi connectivity index (χ3v) is 7.16. The van der Waals surface area contributed by atoms with Gasteiger partial charge in [-0.05, 0) is 49.3 Å². The number of aromatic nitrogens is 2. The van der Waals surface area contributed by atoms with E-state index in [0.717, 1.165) is 11.1 Å². The standard InChI is InChI=1S/C27H37FN6O3/c1-18(2)23-16-33(15-20-13-30-32(3)14-20)17-25(35)29-10-4-6-19-8-9-22(28)21(12-19)27(37)34-11-5-7-24(34)26(36)31-23/h8-9,12-14,18,23-24H,4-7,10-11,15-17H2,1-3H3,(H,29,35)(H,31,36)/t23-,24-/m0/s1. The van der Waals surface area contributed by atoms with Crippen LogP contribution in [0.2, 0.25) is 0 Å². The fourth-order valence-electron chi connectivity index (χ4n) is 5.09. The third kappa shape index (κ3) is 6.74. The van der Waals surface area contributed by atoms with Gasteiger partial charge in [-0.3, -0.25) is 24.0 Å². The molecule has 0 unspecified atom stereocenters. The zero-order valence-corrected chi connectivity index (χ0v) is 21.9. The van der Waals surface area contributed by atoms with Crippen molar-refractivity contribution in [2.24, 2.45) is 13.0 Å². The summed E-state index contributed by atoms with van der Waals surface area (Å²) in [6.45, 7) is 6.09. The Morgan fingerprint density at radius 2 is 2.00 bits per heavy atom. The normalized spacial score (nSPS) is 22.5. The Kier molecular flexibility index (Phi) is 8.58. The van der Waals surface area contributed by atoms with Crippen LogP contribution in [0, 0.1) is 11.7 Å². The molecule has 1 fully saturated rings. The topological polar surface area (TPSA) is 99.6 Å². The first-order chi connectivity index (χ1) is 17.7. The molecule has 37 heavy (non-hydrogen) atoms. The largest absolute Gasteiger partial charge is 0.355 e. The number of hydrogen-bond acceptors (Lipinski definition) is 5. The van der Waals surface area contributed by atoms with Gasteiger partial charge >= 0.3 is 0 Å². The van der Waals surface area contributed by atoms with Crippen LogP contribution >= 0.6 is 0 Å². The van der Waals surface area contributed by atoms with E-state index in [1.807, 2.05) is 32.0 Å². The minimum absolute atomic E-state index is 0.00592. The molecule has 2 bridgehead atoms. The van der Waals surface area contributed by atoms with Gasteiger partial charge in [-0.1, -0.05) is 19.9 Å². The molecule has 2 aliphatic heterocycles. The second-order valence-electron chi connectivity index (χ2n) is 10.5. The molecule has 1 aromatic heterocycles. The van der Waals surface area contributed by atoms with Crippen LogP contribution in [0.5, 0.6) is 0 Å². The number of carbonyl (C=O) groups excluding carboxylic acids is 3. The second kappa shape index (κ2) is 11.9. The number of amides is 3. The van der Waals surface area contributed by atoms with Gasteiger partial charge in [-0.2, -0.15) is 5.10 Å². The highest BCUT2D eigenvalue weighted by atomic mass is 19.1. The Bertz CT molecular complexity index is 1130. The van der Waals surface area contributed by atoms with Gasteiger partial charge in [0.2, 0.25) is 11.8 Å². The molecule has 2 aliphatic rings. The number of rotatable bonds is 3. The van der Waals surface area contributed by atoms with E-state index in [-0.39, 0.29) is 35.9 Å². The van der Waals surface area contributed by atoms with E-state index < -0.39 is 17.8 Å². The average Bonchev–Trinajstić information content (AvgIpc) is 3.50. The summed E-state index contributed by atoms with van der Waals surface area (Å²) < 4.78 is 16.4. The monoisotopic (exact) mass is 512 g/mol. The summed E-state index contributed by atoms with van der Waals surface area (Å²) in [6.07, 6.45) is 6.17. The molecular weight excluding hydrogens is 475 g/mol. The van der Waals surface area contributed by atoms with Crippen LogP contribution in [-0.2, 0) is 29.6 Å². The van der Waals surface area contributed by atoms with Crippen molar-refractivity contribution < 1.29 is 18.8 Å². The van der Waals surface area contributed by atoms with Gasteiger partial charge in [0.15, 0.2) is 0 Å². The average molecular weight is 513 g/mol. The summed E-state index contributed by atoms with van der Waals surface area (Å²) >= 11 is 0. The van der Waals surface area contributed by atoms with Crippen LogP contribution in [0.25, 0.3) is 0 Å². The van der Waals surface area contributed by atoms with Crippen LogP contribution in [0.15, 0.2) is 30.6 Å². The molecule has 0 radical (unpaired) electrons.